The van der Waals surface area contributed by atoms with Gasteiger partial charge in [0.2, 0.25) is 0 Å². The molecule has 0 amide bonds. The average Bonchev–Trinajstić information content (AvgIpc) is 2.66. The van der Waals surface area contributed by atoms with Crippen LogP contribution in [0.25, 0.3) is 0 Å². The molecule has 0 radical (unpaired) electrons. The maximum absolute atomic E-state index is 12.0. The van der Waals surface area contributed by atoms with E-state index in [1.165, 1.54) is 24.3 Å². The molecule has 0 aromatic rings. The first-order chi connectivity index (χ1) is 7.27. The highest BCUT2D eigenvalue weighted by molar-refractivity contribution is 8.03. The number of carbonyl (C=O) groups is 1. The molecule has 0 spiro atoms. The number of allylic oxidation sites excluding steroid dienone is 1. The average molecular weight is 225 g/mol. The van der Waals surface area contributed by atoms with Gasteiger partial charge in [-0.15, -0.1) is 11.8 Å². The van der Waals surface area contributed by atoms with E-state index in [1.54, 1.807) is 0 Å². The molecule has 0 atom stereocenters. The minimum atomic E-state index is 0.320. The predicted molar refractivity (Wildman–Crippen MR) is 64.8 cm³/mol. The summed E-state index contributed by atoms with van der Waals surface area (Å²) < 4.78 is 0. The maximum atomic E-state index is 12.0. The molecule has 2 fully saturated rings. The highest BCUT2D eigenvalue weighted by Gasteiger charge is 2.22. The Bertz CT molecular complexity index is 269. The Kier molecular flexibility index (Phi) is 3.73. The first-order valence-corrected chi connectivity index (χ1v) is 6.85. The van der Waals surface area contributed by atoms with Crippen molar-refractivity contribution in [1.29, 1.82) is 0 Å². The maximum Gasteiger partial charge on any atom is 0.161 e. The Morgan fingerprint density at radius 2 is 2.13 bits per heavy atom. The smallest absolute Gasteiger partial charge is 0.161 e. The van der Waals surface area contributed by atoms with E-state index in [0.29, 0.717) is 11.7 Å². The van der Waals surface area contributed by atoms with Gasteiger partial charge in [0.05, 0.1) is 5.03 Å². The third-order valence-electron chi connectivity index (χ3n) is 3.33. The summed E-state index contributed by atoms with van der Waals surface area (Å²) in [6.45, 7) is 1.08. The molecule has 0 aromatic carbocycles. The molecule has 15 heavy (non-hydrogen) atoms. The quantitative estimate of drug-likeness (QED) is 0.674. The Hall–Kier alpha value is -0.440. The Balaban J connectivity index is 1.95. The third-order valence-corrected chi connectivity index (χ3v) is 4.44. The molecule has 2 aliphatic rings. The van der Waals surface area contributed by atoms with E-state index in [-0.39, 0.29) is 0 Å². The Labute approximate surface area is 96.1 Å². The lowest BCUT2D eigenvalue weighted by atomic mass is 9.86. The second-order valence-electron chi connectivity index (χ2n) is 4.49. The summed E-state index contributed by atoms with van der Waals surface area (Å²) in [6.07, 6.45) is 7.89. The molecule has 0 aromatic heterocycles. The fraction of sp³-hybridized carbons (Fsp3) is 0.750. The first kappa shape index (κ1) is 11.1. The van der Waals surface area contributed by atoms with Crippen LogP contribution in [0.2, 0.25) is 0 Å². The van der Waals surface area contributed by atoms with Crippen molar-refractivity contribution >= 4 is 17.5 Å². The number of nitrogens with zero attached hydrogens (tertiary/aromatic N) is 1. The summed E-state index contributed by atoms with van der Waals surface area (Å²) in [5.74, 6) is 1.81. The van der Waals surface area contributed by atoms with Gasteiger partial charge in [-0.25, -0.2) is 0 Å². The molecule has 1 aliphatic heterocycles. The van der Waals surface area contributed by atoms with Gasteiger partial charge in [-0.05, 0) is 12.8 Å². The molecule has 0 unspecified atom stereocenters. The second-order valence-corrected chi connectivity index (χ2v) is 5.61. The van der Waals surface area contributed by atoms with Crippen LogP contribution in [-0.2, 0) is 4.79 Å². The fourth-order valence-corrected chi connectivity index (χ4v) is 3.37. The van der Waals surface area contributed by atoms with Crippen LogP contribution in [0, 0.1) is 5.92 Å². The van der Waals surface area contributed by atoms with E-state index in [9.17, 15) is 4.79 Å². The Morgan fingerprint density at radius 1 is 1.40 bits per heavy atom. The molecule has 0 bridgehead atoms. The van der Waals surface area contributed by atoms with Crippen molar-refractivity contribution in [3.63, 3.8) is 0 Å². The van der Waals surface area contributed by atoms with Gasteiger partial charge in [0.15, 0.2) is 5.78 Å². The summed E-state index contributed by atoms with van der Waals surface area (Å²) in [6, 6.07) is 0. The van der Waals surface area contributed by atoms with Crippen LogP contribution in [0.1, 0.15) is 32.1 Å². The Morgan fingerprint density at radius 3 is 2.73 bits per heavy atom. The highest BCUT2D eigenvalue weighted by Crippen LogP contribution is 2.29. The molecule has 2 nitrogen and oxygen atoms in total. The van der Waals surface area contributed by atoms with E-state index in [1.807, 2.05) is 17.8 Å². The number of hydrogen-bond donors (Lipinski definition) is 0. The molecular formula is C12H19NOS. The molecule has 1 saturated heterocycles. The number of carbonyl (C=O) groups excluding carboxylic acids is 1. The summed E-state index contributed by atoms with van der Waals surface area (Å²) >= 11 is 1.81. The second kappa shape index (κ2) is 5.06. The van der Waals surface area contributed by atoms with Crippen LogP contribution in [-0.4, -0.2) is 30.0 Å². The highest BCUT2D eigenvalue weighted by atomic mass is 32.2. The summed E-state index contributed by atoms with van der Waals surface area (Å²) in [4.78, 5) is 14.2. The number of thioether (sulfide) groups is 1. The van der Waals surface area contributed by atoms with Crippen LogP contribution in [0.15, 0.2) is 11.1 Å². The van der Waals surface area contributed by atoms with Gasteiger partial charge in [-0.2, -0.15) is 0 Å². The molecule has 2 rings (SSSR count). The van der Waals surface area contributed by atoms with Gasteiger partial charge in [-0.3, -0.25) is 4.79 Å². The predicted octanol–water partition coefficient (Wildman–Crippen LogP) is 2.66. The van der Waals surface area contributed by atoms with E-state index >= 15 is 0 Å². The van der Waals surface area contributed by atoms with E-state index in [0.717, 1.165) is 25.1 Å². The lowest BCUT2D eigenvalue weighted by molar-refractivity contribution is -0.119. The molecule has 1 heterocycles. The zero-order chi connectivity index (χ0) is 10.7. The van der Waals surface area contributed by atoms with Crippen molar-refractivity contribution in [3.8, 4) is 0 Å². The van der Waals surface area contributed by atoms with Crippen molar-refractivity contribution in [1.82, 2.24) is 4.90 Å². The SMILES string of the molecule is CN1CCS/C1=C/C(=O)C1CCCCC1. The van der Waals surface area contributed by atoms with E-state index in [4.69, 9.17) is 0 Å². The molecule has 3 heteroatoms. The van der Waals surface area contributed by atoms with Crippen molar-refractivity contribution in [2.24, 2.45) is 5.92 Å². The minimum Gasteiger partial charge on any atom is -0.368 e. The van der Waals surface area contributed by atoms with Crippen LogP contribution in [0.4, 0.5) is 0 Å². The molecule has 1 saturated carbocycles. The van der Waals surface area contributed by atoms with Gasteiger partial charge in [-0.1, -0.05) is 19.3 Å². The van der Waals surface area contributed by atoms with Crippen LogP contribution in [0.5, 0.6) is 0 Å². The number of hydrogen-bond acceptors (Lipinski definition) is 3. The third kappa shape index (κ3) is 2.77. The monoisotopic (exact) mass is 225 g/mol. The van der Waals surface area contributed by atoms with Crippen molar-refractivity contribution in [2.45, 2.75) is 32.1 Å². The largest absolute Gasteiger partial charge is 0.368 e. The molecule has 0 N–H and O–H groups in total. The van der Waals surface area contributed by atoms with Crippen molar-refractivity contribution in [2.75, 3.05) is 19.3 Å². The van der Waals surface area contributed by atoms with Gasteiger partial charge in [0.1, 0.15) is 0 Å². The van der Waals surface area contributed by atoms with Gasteiger partial charge < -0.3 is 4.90 Å². The zero-order valence-corrected chi connectivity index (χ0v) is 10.2. The molecular weight excluding hydrogens is 206 g/mol. The van der Waals surface area contributed by atoms with Gasteiger partial charge in [0, 0.05) is 31.3 Å². The number of ketones is 1. The summed E-state index contributed by atoms with van der Waals surface area (Å²) in [5.41, 5.74) is 0. The van der Waals surface area contributed by atoms with Crippen molar-refractivity contribution in [3.05, 3.63) is 11.1 Å². The van der Waals surface area contributed by atoms with Crippen molar-refractivity contribution < 1.29 is 4.79 Å². The lowest BCUT2D eigenvalue weighted by Crippen LogP contribution is -2.18. The van der Waals surface area contributed by atoms with Gasteiger partial charge >= 0.3 is 0 Å². The minimum absolute atomic E-state index is 0.320. The standard InChI is InChI=1S/C12H19NOS/c1-13-7-8-15-12(13)9-11(14)10-5-3-2-4-6-10/h9-10H,2-8H2,1H3/b12-9+. The van der Waals surface area contributed by atoms with E-state index < -0.39 is 0 Å². The van der Waals surface area contributed by atoms with Gasteiger partial charge in [0.25, 0.3) is 0 Å². The fourth-order valence-electron chi connectivity index (χ4n) is 2.29. The summed E-state index contributed by atoms with van der Waals surface area (Å²) in [7, 11) is 2.07. The number of rotatable bonds is 2. The molecule has 84 valence electrons. The molecule has 1 aliphatic carbocycles. The van der Waals surface area contributed by atoms with E-state index in [2.05, 4.69) is 11.9 Å². The summed E-state index contributed by atoms with van der Waals surface area (Å²) in [5, 5.41) is 1.17. The van der Waals surface area contributed by atoms with Crippen LogP contribution in [0.3, 0.4) is 0 Å². The zero-order valence-electron chi connectivity index (χ0n) is 9.37. The normalized spacial score (nSPS) is 26.2. The lowest BCUT2D eigenvalue weighted by Gasteiger charge is -2.19. The topological polar surface area (TPSA) is 20.3 Å². The van der Waals surface area contributed by atoms with Crippen LogP contribution < -0.4 is 0 Å². The first-order valence-electron chi connectivity index (χ1n) is 5.87. The van der Waals surface area contributed by atoms with Crippen LogP contribution >= 0.6 is 11.8 Å².